The average molecular weight is 272 g/mol. The minimum absolute atomic E-state index is 0.0978. The molecule has 0 saturated heterocycles. The molecule has 0 saturated carbocycles. The molecule has 0 fully saturated rings. The van der Waals surface area contributed by atoms with Gasteiger partial charge >= 0.3 is 0 Å². The van der Waals surface area contributed by atoms with E-state index in [0.717, 1.165) is 11.3 Å². The number of rotatable bonds is 4. The lowest BCUT2D eigenvalue weighted by Gasteiger charge is -1.99. The van der Waals surface area contributed by atoms with Crippen molar-refractivity contribution in [2.75, 3.05) is 7.11 Å². The van der Waals surface area contributed by atoms with Crippen molar-refractivity contribution in [1.29, 1.82) is 0 Å². The molecule has 2 aromatic rings. The normalized spacial score (nSPS) is 10.4. The largest absolute Gasteiger partial charge is 0.497 e. The Labute approximate surface area is 114 Å². The number of nitrogens with zero attached hydrogens (tertiary/aromatic N) is 2. The maximum atomic E-state index is 11.7. The SMILES string of the molecule is COc1ccc(C=NNC(=O)c2cnc[nH]c2=O)cc1. The van der Waals surface area contributed by atoms with E-state index in [9.17, 15) is 9.59 Å². The van der Waals surface area contributed by atoms with Crippen LogP contribution < -0.4 is 15.7 Å². The number of benzene rings is 1. The molecular weight excluding hydrogens is 260 g/mol. The molecule has 7 nitrogen and oxygen atoms in total. The van der Waals surface area contributed by atoms with Crippen LogP contribution in [0, 0.1) is 0 Å². The molecule has 0 aliphatic carbocycles. The molecule has 1 aromatic carbocycles. The van der Waals surface area contributed by atoms with Gasteiger partial charge in [0.2, 0.25) is 0 Å². The van der Waals surface area contributed by atoms with Crippen molar-refractivity contribution in [3.63, 3.8) is 0 Å². The number of hydrogen-bond donors (Lipinski definition) is 2. The first-order chi connectivity index (χ1) is 9.70. The van der Waals surface area contributed by atoms with E-state index in [0.29, 0.717) is 0 Å². The molecule has 1 aromatic heterocycles. The van der Waals surface area contributed by atoms with E-state index in [-0.39, 0.29) is 5.56 Å². The van der Waals surface area contributed by atoms with Crippen LogP contribution in [-0.4, -0.2) is 29.2 Å². The summed E-state index contributed by atoms with van der Waals surface area (Å²) < 4.78 is 5.02. The van der Waals surface area contributed by atoms with Gasteiger partial charge in [-0.15, -0.1) is 0 Å². The second kappa shape index (κ2) is 6.28. The Kier molecular flexibility index (Phi) is 4.23. The van der Waals surface area contributed by atoms with Crippen LogP contribution in [-0.2, 0) is 0 Å². The van der Waals surface area contributed by atoms with E-state index in [1.807, 2.05) is 0 Å². The zero-order valence-electron chi connectivity index (χ0n) is 10.7. The average Bonchev–Trinajstić information content (AvgIpc) is 2.48. The molecule has 0 bridgehead atoms. The highest BCUT2D eigenvalue weighted by atomic mass is 16.5. The van der Waals surface area contributed by atoms with Crippen LogP contribution >= 0.6 is 0 Å². The van der Waals surface area contributed by atoms with Crippen LogP contribution in [0.25, 0.3) is 0 Å². The van der Waals surface area contributed by atoms with Gasteiger partial charge in [0.15, 0.2) is 0 Å². The zero-order chi connectivity index (χ0) is 14.4. The van der Waals surface area contributed by atoms with Crippen molar-refractivity contribution < 1.29 is 9.53 Å². The summed E-state index contributed by atoms with van der Waals surface area (Å²) in [4.78, 5) is 29.0. The lowest BCUT2D eigenvalue weighted by atomic mass is 10.2. The summed E-state index contributed by atoms with van der Waals surface area (Å²) in [6.45, 7) is 0. The predicted octanol–water partition coefficient (Wildman–Crippen LogP) is 0.542. The van der Waals surface area contributed by atoms with Crippen molar-refractivity contribution in [2.45, 2.75) is 0 Å². The smallest absolute Gasteiger partial charge is 0.278 e. The molecule has 0 aliphatic heterocycles. The Morgan fingerprint density at radius 1 is 1.40 bits per heavy atom. The Morgan fingerprint density at radius 2 is 2.15 bits per heavy atom. The number of H-pyrrole nitrogens is 1. The zero-order valence-corrected chi connectivity index (χ0v) is 10.7. The number of carbonyl (C=O) groups is 1. The molecule has 1 amide bonds. The van der Waals surface area contributed by atoms with Gasteiger partial charge in [-0.3, -0.25) is 9.59 Å². The molecule has 0 spiro atoms. The molecule has 1 heterocycles. The van der Waals surface area contributed by atoms with Gasteiger partial charge < -0.3 is 9.72 Å². The van der Waals surface area contributed by atoms with E-state index in [2.05, 4.69) is 20.5 Å². The van der Waals surface area contributed by atoms with Crippen molar-refractivity contribution in [3.8, 4) is 5.75 Å². The van der Waals surface area contributed by atoms with Crippen molar-refractivity contribution in [1.82, 2.24) is 15.4 Å². The van der Waals surface area contributed by atoms with E-state index in [4.69, 9.17) is 4.74 Å². The molecule has 0 atom stereocenters. The van der Waals surface area contributed by atoms with Crippen LogP contribution in [0.5, 0.6) is 5.75 Å². The summed E-state index contributed by atoms with van der Waals surface area (Å²) >= 11 is 0. The fraction of sp³-hybridized carbons (Fsp3) is 0.0769. The Morgan fingerprint density at radius 3 is 2.80 bits per heavy atom. The molecule has 2 N–H and O–H groups in total. The summed E-state index contributed by atoms with van der Waals surface area (Å²) in [5.74, 6) is 0.109. The van der Waals surface area contributed by atoms with Gasteiger partial charge in [-0.1, -0.05) is 0 Å². The van der Waals surface area contributed by atoms with E-state index in [1.165, 1.54) is 18.7 Å². The Hall–Kier alpha value is -2.96. The van der Waals surface area contributed by atoms with Gasteiger partial charge in [0.25, 0.3) is 11.5 Å². The number of hydrazone groups is 1. The van der Waals surface area contributed by atoms with Gasteiger partial charge in [-0.25, -0.2) is 10.4 Å². The van der Waals surface area contributed by atoms with Gasteiger partial charge in [-0.2, -0.15) is 5.10 Å². The third-order valence-electron chi connectivity index (χ3n) is 2.46. The van der Waals surface area contributed by atoms with Crippen molar-refractivity contribution in [3.05, 3.63) is 58.3 Å². The summed E-state index contributed by atoms with van der Waals surface area (Å²) in [5.41, 5.74) is 2.43. The van der Waals surface area contributed by atoms with Crippen LogP contribution in [0.2, 0.25) is 0 Å². The van der Waals surface area contributed by atoms with E-state index in [1.54, 1.807) is 31.4 Å². The summed E-state index contributed by atoms with van der Waals surface area (Å²) in [6.07, 6.45) is 3.85. The summed E-state index contributed by atoms with van der Waals surface area (Å²) in [6, 6.07) is 7.11. The van der Waals surface area contributed by atoms with Gasteiger partial charge in [0.05, 0.1) is 19.7 Å². The molecule has 0 unspecified atom stereocenters. The number of nitrogens with one attached hydrogen (secondary N) is 2. The number of aromatic nitrogens is 2. The molecule has 0 aliphatic rings. The van der Waals surface area contributed by atoms with Crippen molar-refractivity contribution >= 4 is 12.1 Å². The molecule has 7 heteroatoms. The van der Waals surface area contributed by atoms with E-state index >= 15 is 0 Å². The second-order valence-corrected chi connectivity index (χ2v) is 3.77. The van der Waals surface area contributed by atoms with Gasteiger partial charge in [-0.05, 0) is 29.8 Å². The fourth-order valence-corrected chi connectivity index (χ4v) is 1.42. The first-order valence-electron chi connectivity index (χ1n) is 5.71. The number of hydrogen-bond acceptors (Lipinski definition) is 5. The van der Waals surface area contributed by atoms with Gasteiger partial charge in [0, 0.05) is 6.20 Å². The maximum Gasteiger partial charge on any atom is 0.278 e. The quantitative estimate of drug-likeness (QED) is 0.627. The molecule has 20 heavy (non-hydrogen) atoms. The highest BCUT2D eigenvalue weighted by molar-refractivity contribution is 5.94. The maximum absolute atomic E-state index is 11.7. The summed E-state index contributed by atoms with van der Waals surface area (Å²) in [7, 11) is 1.58. The van der Waals surface area contributed by atoms with Crippen LogP contribution in [0.15, 0.2) is 46.7 Å². The highest BCUT2D eigenvalue weighted by Gasteiger charge is 2.08. The first kappa shape index (κ1) is 13.5. The number of aromatic amines is 1. The van der Waals surface area contributed by atoms with E-state index < -0.39 is 11.5 Å². The lowest BCUT2D eigenvalue weighted by Crippen LogP contribution is -2.26. The van der Waals surface area contributed by atoms with Crippen molar-refractivity contribution in [2.24, 2.45) is 5.10 Å². The first-order valence-corrected chi connectivity index (χ1v) is 5.71. The standard InChI is InChI=1S/C13H12N4O3/c1-20-10-4-2-9(3-5-10)6-16-17-13(19)11-7-14-8-15-12(11)18/h2-8H,1H3,(H,17,19)(H,14,15,18). The summed E-state index contributed by atoms with van der Waals surface area (Å²) in [5, 5.41) is 3.77. The highest BCUT2D eigenvalue weighted by Crippen LogP contribution is 2.09. The van der Waals surface area contributed by atoms with Crippen LogP contribution in [0.4, 0.5) is 0 Å². The topological polar surface area (TPSA) is 96.4 Å². The minimum Gasteiger partial charge on any atom is -0.497 e. The number of methoxy groups -OCH3 is 1. The third kappa shape index (κ3) is 3.29. The molecule has 2 rings (SSSR count). The lowest BCUT2D eigenvalue weighted by molar-refractivity contribution is 0.0953. The fourth-order valence-electron chi connectivity index (χ4n) is 1.42. The molecular formula is C13H12N4O3. The molecule has 102 valence electrons. The number of ether oxygens (including phenoxy) is 1. The number of amides is 1. The predicted molar refractivity (Wildman–Crippen MR) is 72.9 cm³/mol. The van der Waals surface area contributed by atoms with Crippen LogP contribution in [0.3, 0.4) is 0 Å². The Balaban J connectivity index is 2.01. The monoisotopic (exact) mass is 272 g/mol. The Bertz CT molecular complexity index is 677. The third-order valence-corrected chi connectivity index (χ3v) is 2.46. The van der Waals surface area contributed by atoms with Gasteiger partial charge in [0.1, 0.15) is 11.3 Å². The number of carbonyl (C=O) groups excluding carboxylic acids is 1. The second-order valence-electron chi connectivity index (χ2n) is 3.77. The minimum atomic E-state index is -0.621. The van der Waals surface area contributed by atoms with Crippen LogP contribution in [0.1, 0.15) is 15.9 Å². The molecule has 0 radical (unpaired) electrons.